The first-order valence-corrected chi connectivity index (χ1v) is 11.9. The molecule has 0 radical (unpaired) electrons. The van der Waals surface area contributed by atoms with E-state index in [1.165, 1.54) is 18.2 Å². The summed E-state index contributed by atoms with van der Waals surface area (Å²) >= 11 is 0. The minimum absolute atomic E-state index is 0.0266. The third-order valence-corrected chi connectivity index (χ3v) is 7.09. The third-order valence-electron chi connectivity index (χ3n) is 7.09. The minimum Gasteiger partial charge on any atom is -0.381 e. The van der Waals surface area contributed by atoms with Crippen LogP contribution in [0.4, 0.5) is 18.9 Å². The van der Waals surface area contributed by atoms with E-state index in [1.807, 2.05) is 6.92 Å². The summed E-state index contributed by atoms with van der Waals surface area (Å²) in [5.41, 5.74) is -0.718. The summed E-state index contributed by atoms with van der Waals surface area (Å²) in [6.45, 7) is 4.88. The molecule has 2 fully saturated rings. The van der Waals surface area contributed by atoms with Crippen molar-refractivity contribution >= 4 is 11.6 Å². The summed E-state index contributed by atoms with van der Waals surface area (Å²) in [7, 11) is 2.05. The van der Waals surface area contributed by atoms with Crippen LogP contribution in [0.1, 0.15) is 54.1 Å². The number of hydrogen-bond acceptors (Lipinski definition) is 5. The molecule has 190 valence electrons. The highest BCUT2D eigenvalue weighted by Crippen LogP contribution is 2.26. The first-order valence-electron chi connectivity index (χ1n) is 11.9. The molecule has 1 aromatic carbocycles. The topological polar surface area (TPSA) is 78.4 Å². The Labute approximate surface area is 202 Å². The monoisotopic (exact) mass is 491 g/mol. The summed E-state index contributed by atoms with van der Waals surface area (Å²) in [4.78, 5) is 28.6. The molecule has 3 N–H and O–H groups in total. The molecule has 0 spiro atoms. The molecule has 35 heavy (non-hydrogen) atoms. The Bertz CT molecular complexity index is 1120. The van der Waals surface area contributed by atoms with Crippen LogP contribution in [0.25, 0.3) is 0 Å². The highest BCUT2D eigenvalue weighted by molar-refractivity contribution is 5.99. The van der Waals surface area contributed by atoms with Crippen LogP contribution in [0, 0.1) is 5.82 Å². The number of aromatic nitrogens is 1. The van der Waals surface area contributed by atoms with E-state index in [9.17, 15) is 22.8 Å². The van der Waals surface area contributed by atoms with Gasteiger partial charge in [0.1, 0.15) is 5.82 Å². The second kappa shape index (κ2) is 10.4. The average Bonchev–Trinajstić information content (AvgIpc) is 3.27. The summed E-state index contributed by atoms with van der Waals surface area (Å²) in [5.74, 6) is -1.53. The highest BCUT2D eigenvalue weighted by Gasteiger charge is 2.32. The van der Waals surface area contributed by atoms with E-state index < -0.39 is 29.3 Å². The Balaban J connectivity index is 1.62. The smallest absolute Gasteiger partial charge is 0.266 e. The van der Waals surface area contributed by atoms with Crippen LogP contribution in [0.3, 0.4) is 0 Å². The molecule has 2 saturated heterocycles. The number of likely N-dealkylation sites (tertiary alicyclic amines) is 1. The SMILES string of the molecule is CN1CCC(Nc2cc(=O)n(C3(C)CCNC3)cc2C(=O)NCc2cccc(C(F)F)c2F)CC1. The number of carbonyl (C=O) groups excluding carboxylic acids is 1. The van der Waals surface area contributed by atoms with Crippen molar-refractivity contribution in [1.29, 1.82) is 0 Å². The van der Waals surface area contributed by atoms with Crippen molar-refractivity contribution in [3.63, 3.8) is 0 Å². The zero-order valence-electron chi connectivity index (χ0n) is 20.0. The Morgan fingerprint density at radius 3 is 2.69 bits per heavy atom. The number of amides is 1. The van der Waals surface area contributed by atoms with Gasteiger partial charge in [0.25, 0.3) is 17.9 Å². The van der Waals surface area contributed by atoms with Gasteiger partial charge in [-0.15, -0.1) is 0 Å². The minimum atomic E-state index is -2.94. The van der Waals surface area contributed by atoms with E-state index in [0.29, 0.717) is 12.2 Å². The predicted molar refractivity (Wildman–Crippen MR) is 129 cm³/mol. The highest BCUT2D eigenvalue weighted by atomic mass is 19.3. The maximum atomic E-state index is 14.5. The zero-order valence-corrected chi connectivity index (χ0v) is 20.0. The van der Waals surface area contributed by atoms with Crippen molar-refractivity contribution in [2.45, 2.75) is 50.7 Å². The molecule has 0 aliphatic carbocycles. The van der Waals surface area contributed by atoms with Crippen LogP contribution < -0.4 is 21.5 Å². The first kappa shape index (κ1) is 25.2. The molecule has 10 heteroatoms. The molecular formula is C25H32F3N5O2. The number of halogens is 3. The summed E-state index contributed by atoms with van der Waals surface area (Å²) < 4.78 is 42.2. The fourth-order valence-corrected chi connectivity index (χ4v) is 4.81. The van der Waals surface area contributed by atoms with Crippen LogP contribution in [0.2, 0.25) is 0 Å². The number of carbonyl (C=O) groups is 1. The van der Waals surface area contributed by atoms with Crippen LogP contribution in [-0.2, 0) is 12.1 Å². The van der Waals surface area contributed by atoms with Gasteiger partial charge in [-0.2, -0.15) is 0 Å². The molecule has 2 aromatic rings. The largest absolute Gasteiger partial charge is 0.381 e. The Kier molecular flexibility index (Phi) is 7.51. The fourth-order valence-electron chi connectivity index (χ4n) is 4.81. The summed E-state index contributed by atoms with van der Waals surface area (Å²) in [6, 6.07) is 5.30. The van der Waals surface area contributed by atoms with Crippen molar-refractivity contribution in [2.75, 3.05) is 38.5 Å². The van der Waals surface area contributed by atoms with Crippen molar-refractivity contribution in [2.24, 2.45) is 0 Å². The Morgan fingerprint density at radius 2 is 2.03 bits per heavy atom. The lowest BCUT2D eigenvalue weighted by molar-refractivity contribution is 0.0950. The van der Waals surface area contributed by atoms with Gasteiger partial charge in [0, 0.05) is 37.0 Å². The van der Waals surface area contributed by atoms with Gasteiger partial charge in [0.05, 0.1) is 22.4 Å². The van der Waals surface area contributed by atoms with Gasteiger partial charge in [-0.05, 0) is 52.9 Å². The molecule has 1 unspecified atom stereocenters. The van der Waals surface area contributed by atoms with E-state index in [1.54, 1.807) is 10.8 Å². The normalized spacial score (nSPS) is 21.4. The predicted octanol–water partition coefficient (Wildman–Crippen LogP) is 3.07. The molecule has 3 heterocycles. The van der Waals surface area contributed by atoms with Crippen molar-refractivity contribution in [1.82, 2.24) is 20.1 Å². The zero-order chi connectivity index (χ0) is 25.2. The van der Waals surface area contributed by atoms with E-state index in [0.717, 1.165) is 45.0 Å². The van der Waals surface area contributed by atoms with E-state index in [-0.39, 0.29) is 29.3 Å². The van der Waals surface area contributed by atoms with Crippen LogP contribution in [0.5, 0.6) is 0 Å². The Morgan fingerprint density at radius 1 is 1.29 bits per heavy atom. The van der Waals surface area contributed by atoms with Crippen LogP contribution >= 0.6 is 0 Å². The van der Waals surface area contributed by atoms with Gasteiger partial charge in [0.2, 0.25) is 0 Å². The third kappa shape index (κ3) is 5.54. The molecule has 1 amide bonds. The molecule has 7 nitrogen and oxygen atoms in total. The van der Waals surface area contributed by atoms with E-state index >= 15 is 0 Å². The maximum Gasteiger partial charge on any atom is 0.266 e. The van der Waals surface area contributed by atoms with Gasteiger partial charge >= 0.3 is 0 Å². The van der Waals surface area contributed by atoms with Crippen LogP contribution in [0.15, 0.2) is 35.3 Å². The average molecular weight is 492 g/mol. The van der Waals surface area contributed by atoms with Crippen molar-refractivity contribution in [3.8, 4) is 0 Å². The number of alkyl halides is 2. The molecule has 0 bridgehead atoms. The van der Waals surface area contributed by atoms with Gasteiger partial charge in [-0.25, -0.2) is 13.2 Å². The van der Waals surface area contributed by atoms with Crippen molar-refractivity contribution < 1.29 is 18.0 Å². The standard InChI is InChI=1S/C25H32F3N5O2/c1-25(8-9-29-15-25)33-14-19(20(12-21(33)34)31-17-6-10-32(2)11-7-17)24(35)30-13-16-4-3-5-18(22(16)26)23(27)28/h3-5,12,14,17,23,29,31H,6-11,13,15H2,1-2H3,(H,30,35). The van der Waals surface area contributed by atoms with Gasteiger partial charge < -0.3 is 25.4 Å². The fraction of sp³-hybridized carbons (Fsp3) is 0.520. The molecule has 2 aliphatic rings. The lowest BCUT2D eigenvalue weighted by atomic mass is 10.00. The Hall–Kier alpha value is -2.85. The van der Waals surface area contributed by atoms with Gasteiger partial charge in [0.15, 0.2) is 0 Å². The number of nitrogens with zero attached hydrogens (tertiary/aromatic N) is 2. The van der Waals surface area contributed by atoms with E-state index in [2.05, 4.69) is 27.9 Å². The number of anilines is 1. The number of benzene rings is 1. The van der Waals surface area contributed by atoms with Gasteiger partial charge in [-0.1, -0.05) is 18.2 Å². The maximum absolute atomic E-state index is 14.5. The molecular weight excluding hydrogens is 459 g/mol. The number of rotatable bonds is 7. The number of piperidine rings is 1. The van der Waals surface area contributed by atoms with Crippen LogP contribution in [-0.4, -0.2) is 54.6 Å². The second-order valence-corrected chi connectivity index (χ2v) is 9.76. The molecule has 2 aliphatic heterocycles. The van der Waals surface area contributed by atoms with E-state index in [4.69, 9.17) is 0 Å². The lowest BCUT2D eigenvalue weighted by Gasteiger charge is -2.31. The summed E-state index contributed by atoms with van der Waals surface area (Å²) in [5, 5.41) is 9.28. The first-order chi connectivity index (χ1) is 16.7. The number of pyridine rings is 1. The number of hydrogen-bond donors (Lipinski definition) is 3. The molecule has 0 saturated carbocycles. The molecule has 4 rings (SSSR count). The summed E-state index contributed by atoms with van der Waals surface area (Å²) in [6.07, 6.45) is 1.09. The second-order valence-electron chi connectivity index (χ2n) is 9.76. The molecule has 1 atom stereocenters. The van der Waals surface area contributed by atoms with Gasteiger partial charge in [-0.3, -0.25) is 9.59 Å². The lowest BCUT2D eigenvalue weighted by Crippen LogP contribution is -2.42. The quantitative estimate of drug-likeness (QED) is 0.555. The van der Waals surface area contributed by atoms with Crippen molar-refractivity contribution in [3.05, 3.63) is 63.3 Å². The number of nitrogens with one attached hydrogen (secondary N) is 3. The molecule has 1 aromatic heterocycles.